The lowest BCUT2D eigenvalue weighted by Gasteiger charge is -2.30. The van der Waals surface area contributed by atoms with Gasteiger partial charge in [0.2, 0.25) is 0 Å². The molecule has 0 saturated carbocycles. The van der Waals surface area contributed by atoms with Gasteiger partial charge >= 0.3 is 0 Å². The maximum absolute atomic E-state index is 6.73. The molecule has 5 rings (SSSR count). The van der Waals surface area contributed by atoms with Gasteiger partial charge in [-0.2, -0.15) is 0 Å². The summed E-state index contributed by atoms with van der Waals surface area (Å²) in [5, 5.41) is 6.13. The molecule has 0 aliphatic carbocycles. The van der Waals surface area contributed by atoms with Gasteiger partial charge in [0.15, 0.2) is 0 Å². The van der Waals surface area contributed by atoms with Gasteiger partial charge in [-0.15, -0.1) is 0 Å². The SMILES string of the molecule is CC(C1CCCNC1)n1cc(-c2cncc(-c3cccc(Cl)c3)c2)c2c(Cl)cccc21. The third-order valence-corrected chi connectivity index (χ3v) is 7.02. The molecule has 2 atom stereocenters. The maximum atomic E-state index is 6.73. The zero-order chi connectivity index (χ0) is 21.4. The zero-order valence-electron chi connectivity index (χ0n) is 17.5. The van der Waals surface area contributed by atoms with E-state index in [-0.39, 0.29) is 0 Å². The Kier molecular flexibility index (Phi) is 5.75. The van der Waals surface area contributed by atoms with Gasteiger partial charge < -0.3 is 9.88 Å². The van der Waals surface area contributed by atoms with E-state index in [9.17, 15) is 0 Å². The summed E-state index contributed by atoms with van der Waals surface area (Å²) >= 11 is 12.9. The molecule has 5 heteroatoms. The lowest BCUT2D eigenvalue weighted by molar-refractivity contribution is 0.284. The van der Waals surface area contributed by atoms with Crippen molar-refractivity contribution in [2.45, 2.75) is 25.8 Å². The van der Waals surface area contributed by atoms with Crippen molar-refractivity contribution in [2.75, 3.05) is 13.1 Å². The van der Waals surface area contributed by atoms with Crippen molar-refractivity contribution in [3.8, 4) is 22.3 Å². The number of aromatic nitrogens is 2. The topological polar surface area (TPSA) is 29.9 Å². The van der Waals surface area contributed by atoms with Crippen LogP contribution in [0.4, 0.5) is 0 Å². The molecule has 2 unspecified atom stereocenters. The van der Waals surface area contributed by atoms with Crippen LogP contribution in [0.15, 0.2) is 67.1 Å². The molecule has 3 heterocycles. The Morgan fingerprint density at radius 2 is 1.87 bits per heavy atom. The Bertz CT molecular complexity index is 1220. The van der Waals surface area contributed by atoms with Gasteiger partial charge in [-0.3, -0.25) is 4.98 Å². The van der Waals surface area contributed by atoms with Crippen LogP contribution in [-0.4, -0.2) is 22.6 Å². The fourth-order valence-corrected chi connectivity index (χ4v) is 5.22. The van der Waals surface area contributed by atoms with E-state index in [0.717, 1.165) is 50.8 Å². The molecule has 1 saturated heterocycles. The zero-order valence-corrected chi connectivity index (χ0v) is 19.0. The quantitative estimate of drug-likeness (QED) is 0.355. The van der Waals surface area contributed by atoms with Crippen LogP contribution < -0.4 is 5.32 Å². The average Bonchev–Trinajstić information content (AvgIpc) is 3.20. The first-order valence-corrected chi connectivity index (χ1v) is 11.6. The van der Waals surface area contributed by atoms with E-state index >= 15 is 0 Å². The van der Waals surface area contributed by atoms with Crippen molar-refractivity contribution >= 4 is 34.1 Å². The Labute approximate surface area is 193 Å². The maximum Gasteiger partial charge on any atom is 0.0506 e. The third kappa shape index (κ3) is 3.98. The molecular formula is C26H25Cl2N3. The molecule has 4 aromatic rings. The molecule has 0 amide bonds. The molecule has 1 N–H and O–H groups in total. The Balaban J connectivity index is 1.63. The Morgan fingerprint density at radius 1 is 1.03 bits per heavy atom. The van der Waals surface area contributed by atoms with Crippen LogP contribution in [0.1, 0.15) is 25.8 Å². The fraction of sp³-hybridized carbons (Fsp3) is 0.269. The lowest BCUT2D eigenvalue weighted by atomic mass is 9.92. The van der Waals surface area contributed by atoms with Crippen molar-refractivity contribution < 1.29 is 0 Å². The van der Waals surface area contributed by atoms with E-state index in [1.54, 1.807) is 0 Å². The van der Waals surface area contributed by atoms with Gasteiger partial charge in [-0.25, -0.2) is 0 Å². The third-order valence-electron chi connectivity index (χ3n) is 6.47. The summed E-state index contributed by atoms with van der Waals surface area (Å²) in [5.74, 6) is 0.604. The monoisotopic (exact) mass is 449 g/mol. The number of halogens is 2. The van der Waals surface area contributed by atoms with Crippen molar-refractivity contribution in [1.29, 1.82) is 0 Å². The van der Waals surface area contributed by atoms with Gasteiger partial charge in [0.25, 0.3) is 0 Å². The van der Waals surface area contributed by atoms with E-state index in [2.05, 4.69) is 46.2 Å². The average molecular weight is 450 g/mol. The summed E-state index contributed by atoms with van der Waals surface area (Å²) in [6.45, 7) is 4.50. The first-order valence-electron chi connectivity index (χ1n) is 10.8. The number of nitrogens with zero attached hydrogens (tertiary/aromatic N) is 2. The smallest absolute Gasteiger partial charge is 0.0506 e. The number of hydrogen-bond acceptors (Lipinski definition) is 2. The molecule has 158 valence electrons. The summed E-state index contributed by atoms with van der Waals surface area (Å²) in [7, 11) is 0. The van der Waals surface area contributed by atoms with E-state index in [4.69, 9.17) is 23.2 Å². The number of hydrogen-bond donors (Lipinski definition) is 1. The van der Waals surface area contributed by atoms with E-state index in [1.807, 2.05) is 42.7 Å². The van der Waals surface area contributed by atoms with Crippen molar-refractivity contribution in [2.24, 2.45) is 5.92 Å². The molecule has 1 fully saturated rings. The second kappa shape index (κ2) is 8.66. The van der Waals surface area contributed by atoms with Crippen LogP contribution in [0.2, 0.25) is 10.0 Å². The van der Waals surface area contributed by atoms with Gasteiger partial charge in [0.05, 0.1) is 10.5 Å². The molecule has 31 heavy (non-hydrogen) atoms. The lowest BCUT2D eigenvalue weighted by Crippen LogP contribution is -2.34. The van der Waals surface area contributed by atoms with E-state index in [1.165, 1.54) is 18.4 Å². The summed E-state index contributed by atoms with van der Waals surface area (Å²) in [6.07, 6.45) is 8.53. The molecule has 1 aliphatic rings. The van der Waals surface area contributed by atoms with E-state index in [0.29, 0.717) is 12.0 Å². The number of rotatable bonds is 4. The highest BCUT2D eigenvalue weighted by Gasteiger charge is 2.24. The van der Waals surface area contributed by atoms with Crippen LogP contribution in [0.5, 0.6) is 0 Å². The molecule has 0 radical (unpaired) electrons. The van der Waals surface area contributed by atoms with Crippen molar-refractivity contribution in [3.05, 3.63) is 77.2 Å². The minimum Gasteiger partial charge on any atom is -0.344 e. The molecule has 3 nitrogen and oxygen atoms in total. The van der Waals surface area contributed by atoms with Crippen LogP contribution in [-0.2, 0) is 0 Å². The number of fused-ring (bicyclic) bond motifs is 1. The summed E-state index contributed by atoms with van der Waals surface area (Å²) in [4.78, 5) is 4.54. The molecule has 2 aromatic carbocycles. The standard InChI is InChI=1S/C26H25Cl2N3/c1-17(19-6-4-10-29-13-19)31-16-23(26-24(28)8-3-9-25(26)31)21-11-20(14-30-15-21)18-5-2-7-22(27)12-18/h2-3,5,7-9,11-12,14-17,19,29H,4,6,10,13H2,1H3. The normalized spacial score (nSPS) is 17.7. The van der Waals surface area contributed by atoms with Crippen LogP contribution in [0.3, 0.4) is 0 Å². The fourth-order valence-electron chi connectivity index (χ4n) is 4.75. The predicted molar refractivity (Wildman–Crippen MR) is 131 cm³/mol. The summed E-state index contributed by atoms with van der Waals surface area (Å²) in [5.41, 5.74) is 5.44. The summed E-state index contributed by atoms with van der Waals surface area (Å²) < 4.78 is 2.40. The van der Waals surface area contributed by atoms with Crippen molar-refractivity contribution in [1.82, 2.24) is 14.9 Å². The number of nitrogens with one attached hydrogen (secondary N) is 1. The highest BCUT2D eigenvalue weighted by molar-refractivity contribution is 6.36. The number of benzene rings is 2. The largest absolute Gasteiger partial charge is 0.344 e. The molecule has 0 spiro atoms. The molecule has 2 aromatic heterocycles. The number of piperidine rings is 1. The second-order valence-corrected chi connectivity index (χ2v) is 9.25. The minimum absolute atomic E-state index is 0.381. The van der Waals surface area contributed by atoms with Gasteiger partial charge in [0, 0.05) is 51.7 Å². The van der Waals surface area contributed by atoms with Crippen LogP contribution in [0, 0.1) is 5.92 Å². The highest BCUT2D eigenvalue weighted by atomic mass is 35.5. The second-order valence-electron chi connectivity index (χ2n) is 8.40. The van der Waals surface area contributed by atoms with Gasteiger partial charge in [-0.05, 0) is 74.7 Å². The highest BCUT2D eigenvalue weighted by Crippen LogP contribution is 2.39. The van der Waals surface area contributed by atoms with Gasteiger partial charge in [0.1, 0.15) is 0 Å². The molecule has 0 bridgehead atoms. The Hall–Kier alpha value is -2.33. The number of pyridine rings is 1. The summed E-state index contributed by atoms with van der Waals surface area (Å²) in [6, 6.07) is 16.6. The first-order chi connectivity index (χ1) is 15.1. The van der Waals surface area contributed by atoms with Crippen LogP contribution in [0.25, 0.3) is 33.2 Å². The van der Waals surface area contributed by atoms with Crippen molar-refractivity contribution in [3.63, 3.8) is 0 Å². The van der Waals surface area contributed by atoms with Gasteiger partial charge in [-0.1, -0.05) is 41.4 Å². The van der Waals surface area contributed by atoms with Crippen LogP contribution >= 0.6 is 23.2 Å². The predicted octanol–water partition coefficient (Wildman–Crippen LogP) is 7.24. The van der Waals surface area contributed by atoms with E-state index < -0.39 is 0 Å². The minimum atomic E-state index is 0.381. The Morgan fingerprint density at radius 3 is 2.68 bits per heavy atom. The molecule has 1 aliphatic heterocycles. The first kappa shape index (κ1) is 20.6. The molecular weight excluding hydrogens is 425 g/mol.